The summed E-state index contributed by atoms with van der Waals surface area (Å²) in [5.74, 6) is 0. The number of rotatable bonds is 0. The molecular weight excluding hydrogens is 348 g/mol. The quantitative estimate of drug-likeness (QED) is 0.608. The van der Waals surface area contributed by atoms with Gasteiger partial charge in [0.15, 0.2) is 0 Å². The van der Waals surface area contributed by atoms with Gasteiger partial charge in [0.05, 0.1) is 0 Å². The molecule has 6 heavy (non-hydrogen) atoms. The Kier molecular flexibility index (Phi) is 25.8. The van der Waals surface area contributed by atoms with Crippen LogP contribution in [0, 0.1) is 0 Å². The summed E-state index contributed by atoms with van der Waals surface area (Å²) in [7, 11) is 14.9. The molecule has 0 aromatic heterocycles. The molecule has 0 saturated heterocycles. The Morgan fingerprint density at radius 3 is 1.00 bits per heavy atom. The van der Waals surface area contributed by atoms with Crippen molar-refractivity contribution in [2.45, 2.75) is 0 Å². The van der Waals surface area contributed by atoms with E-state index in [1.54, 1.807) is 0 Å². The van der Waals surface area contributed by atoms with E-state index >= 15 is 0 Å². The molecule has 0 aromatic carbocycles. The topological polar surface area (TPSA) is 36.5 Å². The molecule has 1 nitrogen and oxygen atoms in total. The maximum Gasteiger partial charge on any atom is -0.369 e. The summed E-state index contributed by atoms with van der Waals surface area (Å²) in [5.41, 5.74) is 0. The van der Waals surface area contributed by atoms with E-state index in [4.69, 9.17) is 28.8 Å². The first-order valence-corrected chi connectivity index (χ1v) is 9.28. The molecule has 0 aromatic rings. The van der Waals surface area contributed by atoms with Crippen LogP contribution in [-0.4, -0.2) is 0 Å². The van der Waals surface area contributed by atoms with Gasteiger partial charge in [0.2, 0.25) is 0 Å². The van der Waals surface area contributed by atoms with Gasteiger partial charge >= 0.3 is 42.2 Å². The van der Waals surface area contributed by atoms with Crippen molar-refractivity contribution in [2.24, 2.45) is 0 Å². The van der Waals surface area contributed by atoms with Gasteiger partial charge in [0.1, 0.15) is 0 Å². The summed E-state index contributed by atoms with van der Waals surface area (Å²) in [6.07, 6.45) is 0. The molecule has 0 spiro atoms. The second kappa shape index (κ2) is 9.91. The second-order valence-corrected chi connectivity index (χ2v) is 10.5. The van der Waals surface area contributed by atoms with Gasteiger partial charge in [-0.1, -0.05) is 0 Å². The second-order valence-electron chi connectivity index (χ2n) is 0.143. The van der Waals surface area contributed by atoms with Crippen LogP contribution in [-0.2, 0) is 13.5 Å². The smallest absolute Gasteiger partial charge is 0.369 e. The average molecular weight is 352 g/mol. The first-order valence-electron chi connectivity index (χ1n) is 0.378. The Bertz CT molecular complexity index is 12.3. The minimum absolute atomic E-state index is 0. The third-order valence-electron chi connectivity index (χ3n) is 0. The van der Waals surface area contributed by atoms with Crippen molar-refractivity contribution in [1.29, 1.82) is 0 Å². The summed E-state index contributed by atoms with van der Waals surface area (Å²) in [5, 5.41) is 0. The molecule has 0 rings (SSSR count). The van der Waals surface area contributed by atoms with Crippen molar-refractivity contribution in [3.63, 3.8) is 0 Å². The van der Waals surface area contributed by atoms with E-state index in [0.717, 1.165) is 0 Å². The molecule has 0 atom stereocenters. The Morgan fingerprint density at radius 2 is 1.00 bits per heavy atom. The molecular formula is H4Cl4IrN. The zero-order valence-corrected chi connectivity index (χ0v) is 8.26. The SMILES string of the molecule is [Cl-].[Cl][Ir]([Cl])[Cl].[NH4+]. The Hall–Kier alpha value is 1.77. The Balaban J connectivity index is -0.0000000450. The van der Waals surface area contributed by atoms with E-state index in [1.807, 2.05) is 0 Å². The summed E-state index contributed by atoms with van der Waals surface area (Å²) >= 11 is -1.92. The molecule has 0 saturated carbocycles. The van der Waals surface area contributed by atoms with Crippen LogP contribution in [0.3, 0.4) is 0 Å². The molecule has 0 fully saturated rings. The summed E-state index contributed by atoms with van der Waals surface area (Å²) in [4.78, 5) is 0. The maximum atomic E-state index is 4.97. The molecule has 0 aliphatic rings. The average Bonchev–Trinajstić information content (AvgIpc) is 0.811. The zero-order valence-electron chi connectivity index (χ0n) is 2.85. The maximum absolute atomic E-state index is 4.97. The van der Waals surface area contributed by atoms with Crippen molar-refractivity contribution in [2.75, 3.05) is 0 Å². The normalized spacial score (nSPS) is 7.50. The molecule has 0 radical (unpaired) electrons. The van der Waals surface area contributed by atoms with Crippen LogP contribution in [0.4, 0.5) is 0 Å². The molecule has 0 bridgehead atoms. The fourth-order valence-electron chi connectivity index (χ4n) is 0. The van der Waals surface area contributed by atoms with Crippen LogP contribution in [0.2, 0.25) is 0 Å². The Labute approximate surface area is 60.5 Å². The van der Waals surface area contributed by atoms with E-state index in [2.05, 4.69) is 0 Å². The van der Waals surface area contributed by atoms with Crippen LogP contribution in [0.1, 0.15) is 0 Å². The van der Waals surface area contributed by atoms with Gasteiger partial charge in [0, 0.05) is 0 Å². The first-order chi connectivity index (χ1) is 1.73. The van der Waals surface area contributed by atoms with Gasteiger partial charge in [-0.15, -0.1) is 0 Å². The van der Waals surface area contributed by atoms with Gasteiger partial charge in [0.25, 0.3) is 0 Å². The van der Waals surface area contributed by atoms with Crippen LogP contribution in [0.15, 0.2) is 0 Å². The minimum Gasteiger partial charge on any atom is -0.369 e. The predicted octanol–water partition coefficient (Wildman–Crippen LogP) is -0.554. The standard InChI is InChI=1S/4ClH.Ir.H3N/h4*1H;;1H3/q;;;;+3;/p-3. The summed E-state index contributed by atoms with van der Waals surface area (Å²) in [6.45, 7) is 0. The van der Waals surface area contributed by atoms with E-state index in [9.17, 15) is 0 Å². The van der Waals surface area contributed by atoms with Crippen LogP contribution in [0.5, 0.6) is 0 Å². The molecule has 0 unspecified atom stereocenters. The van der Waals surface area contributed by atoms with Gasteiger partial charge in [-0.05, 0) is 0 Å². The van der Waals surface area contributed by atoms with Crippen molar-refractivity contribution in [1.82, 2.24) is 6.15 Å². The molecule has 0 heterocycles. The fraction of sp³-hybridized carbons (Fsp3) is 0. The zero-order chi connectivity index (χ0) is 3.58. The third-order valence-corrected chi connectivity index (χ3v) is 0. The van der Waals surface area contributed by atoms with Gasteiger partial charge in [-0.25, -0.2) is 0 Å². The van der Waals surface area contributed by atoms with Crippen LogP contribution < -0.4 is 18.6 Å². The monoisotopic (exact) mass is 351 g/mol. The van der Waals surface area contributed by atoms with E-state index in [1.165, 1.54) is 0 Å². The number of halogens is 4. The van der Waals surface area contributed by atoms with Gasteiger partial charge in [-0.2, -0.15) is 0 Å². The minimum atomic E-state index is -1.92. The third kappa shape index (κ3) is 41.9. The molecule has 6 heteroatoms. The largest absolute Gasteiger partial charge is 0.369 e. The molecule has 46 valence electrons. The van der Waals surface area contributed by atoms with E-state index in [-0.39, 0.29) is 18.6 Å². The van der Waals surface area contributed by atoms with E-state index in [0.29, 0.717) is 0 Å². The Morgan fingerprint density at radius 1 is 1.00 bits per heavy atom. The molecule has 4 N–H and O–H groups in total. The molecule has 0 aliphatic carbocycles. The van der Waals surface area contributed by atoms with Crippen LogP contribution >= 0.6 is 28.8 Å². The van der Waals surface area contributed by atoms with Crippen LogP contribution in [0.25, 0.3) is 0 Å². The van der Waals surface area contributed by atoms with Gasteiger partial charge in [-0.3, -0.25) is 0 Å². The first kappa shape index (κ1) is 15.7. The number of quaternary nitrogens is 1. The summed E-state index contributed by atoms with van der Waals surface area (Å²) in [6, 6.07) is 0. The molecule has 0 aliphatic heterocycles. The van der Waals surface area contributed by atoms with Crippen molar-refractivity contribution < 1.29 is 25.9 Å². The number of hydrogen-bond donors (Lipinski definition) is 1. The van der Waals surface area contributed by atoms with Gasteiger partial charge < -0.3 is 18.6 Å². The van der Waals surface area contributed by atoms with E-state index < -0.39 is 13.5 Å². The fourth-order valence-corrected chi connectivity index (χ4v) is 0. The predicted molar refractivity (Wildman–Crippen MR) is 23.5 cm³/mol. The van der Waals surface area contributed by atoms with Crippen molar-refractivity contribution in [3.8, 4) is 0 Å². The number of hydrogen-bond acceptors (Lipinski definition) is 0. The van der Waals surface area contributed by atoms with Crippen molar-refractivity contribution in [3.05, 3.63) is 0 Å². The van der Waals surface area contributed by atoms with Crippen molar-refractivity contribution >= 4 is 28.8 Å². The molecule has 0 amide bonds. The summed E-state index contributed by atoms with van der Waals surface area (Å²) < 4.78 is 0.